The van der Waals surface area contributed by atoms with Gasteiger partial charge >= 0.3 is 0 Å². The van der Waals surface area contributed by atoms with Gasteiger partial charge in [-0.3, -0.25) is 20.1 Å². The predicted molar refractivity (Wildman–Crippen MR) is 82.9 cm³/mol. The van der Waals surface area contributed by atoms with Crippen molar-refractivity contribution in [1.29, 1.82) is 0 Å². The second kappa shape index (κ2) is 6.84. The Morgan fingerprint density at radius 1 is 1.23 bits per heavy atom. The van der Waals surface area contributed by atoms with Crippen molar-refractivity contribution in [2.75, 3.05) is 5.06 Å². The molecule has 1 N–H and O–H groups in total. The molecule has 0 bridgehead atoms. The van der Waals surface area contributed by atoms with E-state index in [-0.39, 0.29) is 11.4 Å². The summed E-state index contributed by atoms with van der Waals surface area (Å²) in [6.45, 7) is 0. The molecule has 0 saturated heterocycles. The Kier molecular flexibility index (Phi) is 4.88. The van der Waals surface area contributed by atoms with Gasteiger partial charge in [0.25, 0.3) is 11.6 Å². The summed E-state index contributed by atoms with van der Waals surface area (Å²) in [5.74, 6) is -0.686. The molecule has 2 aromatic carbocycles. The molecule has 0 atom stereocenters. The third-order valence-corrected chi connectivity index (χ3v) is 3.03. The number of carbonyl (C=O) groups excluding carboxylic acids is 1. The number of halogens is 1. The minimum absolute atomic E-state index is 0.0758. The van der Waals surface area contributed by atoms with Crippen molar-refractivity contribution in [3.63, 3.8) is 0 Å². The van der Waals surface area contributed by atoms with Gasteiger partial charge in [-0.25, -0.2) is 0 Å². The molecule has 112 valence electrons. The number of non-ortho nitro benzene ring substituents is 1. The van der Waals surface area contributed by atoms with Gasteiger partial charge in [-0.1, -0.05) is 23.7 Å². The van der Waals surface area contributed by atoms with E-state index in [1.807, 2.05) is 0 Å². The van der Waals surface area contributed by atoms with Crippen LogP contribution in [0.1, 0.15) is 5.56 Å². The maximum absolute atomic E-state index is 11.8. The van der Waals surface area contributed by atoms with Gasteiger partial charge in [0.1, 0.15) is 0 Å². The maximum atomic E-state index is 11.8. The highest BCUT2D eigenvalue weighted by molar-refractivity contribution is 6.30. The van der Waals surface area contributed by atoms with Crippen molar-refractivity contribution in [1.82, 2.24) is 0 Å². The lowest BCUT2D eigenvalue weighted by atomic mass is 10.2. The summed E-state index contributed by atoms with van der Waals surface area (Å²) in [5.41, 5.74) is 0.665. The lowest BCUT2D eigenvalue weighted by Crippen LogP contribution is -2.24. The second-order valence-electron chi connectivity index (χ2n) is 4.31. The van der Waals surface area contributed by atoms with Crippen LogP contribution in [0, 0.1) is 10.1 Å². The third kappa shape index (κ3) is 3.91. The van der Waals surface area contributed by atoms with E-state index in [1.54, 1.807) is 6.07 Å². The van der Waals surface area contributed by atoms with Crippen LogP contribution < -0.4 is 5.06 Å². The zero-order valence-electron chi connectivity index (χ0n) is 11.2. The molecule has 2 rings (SSSR count). The minimum Gasteiger partial charge on any atom is -0.281 e. The molecule has 0 unspecified atom stereocenters. The third-order valence-electron chi connectivity index (χ3n) is 2.78. The molecule has 0 spiro atoms. The molecule has 1 amide bonds. The highest BCUT2D eigenvalue weighted by Gasteiger charge is 2.10. The fourth-order valence-electron chi connectivity index (χ4n) is 1.69. The van der Waals surface area contributed by atoms with Gasteiger partial charge in [-0.05, 0) is 35.9 Å². The number of hydrogen-bond acceptors (Lipinski definition) is 4. The highest BCUT2D eigenvalue weighted by atomic mass is 35.5. The molecule has 6 nitrogen and oxygen atoms in total. The first-order chi connectivity index (χ1) is 10.5. The van der Waals surface area contributed by atoms with E-state index in [1.165, 1.54) is 48.5 Å². The first-order valence-corrected chi connectivity index (χ1v) is 6.56. The average Bonchev–Trinajstić information content (AvgIpc) is 2.53. The van der Waals surface area contributed by atoms with Gasteiger partial charge in [0, 0.05) is 23.2 Å². The van der Waals surface area contributed by atoms with Gasteiger partial charge < -0.3 is 0 Å². The molecule has 0 aromatic heterocycles. The number of hydroxylamine groups is 1. The van der Waals surface area contributed by atoms with Crippen LogP contribution in [0.4, 0.5) is 11.4 Å². The first-order valence-electron chi connectivity index (χ1n) is 6.18. The summed E-state index contributed by atoms with van der Waals surface area (Å²) < 4.78 is 0. The number of hydrogen-bond donors (Lipinski definition) is 1. The topological polar surface area (TPSA) is 83.7 Å². The number of nitro benzene ring substituents is 1. The SMILES string of the molecule is O=C(C=Cc1cccc([N+](=O)[O-])c1)N(O)c1ccc(Cl)cc1. The molecule has 0 saturated carbocycles. The maximum Gasteiger partial charge on any atom is 0.274 e. The largest absolute Gasteiger partial charge is 0.281 e. The van der Waals surface area contributed by atoms with Crippen LogP contribution in [0.2, 0.25) is 5.02 Å². The lowest BCUT2D eigenvalue weighted by molar-refractivity contribution is -0.384. The van der Waals surface area contributed by atoms with Crippen molar-refractivity contribution < 1.29 is 14.9 Å². The zero-order valence-corrected chi connectivity index (χ0v) is 12.0. The van der Waals surface area contributed by atoms with Crippen molar-refractivity contribution in [2.45, 2.75) is 0 Å². The van der Waals surface area contributed by atoms with Crippen LogP contribution in [0.15, 0.2) is 54.6 Å². The van der Waals surface area contributed by atoms with Crippen LogP contribution in [-0.2, 0) is 4.79 Å². The standard InChI is InChI=1S/C15H11ClN2O4/c16-12-5-7-13(8-6-12)17(20)15(19)9-4-11-2-1-3-14(10-11)18(21)22/h1-10,20H. The van der Waals surface area contributed by atoms with E-state index in [9.17, 15) is 20.1 Å². The normalized spacial score (nSPS) is 10.6. The zero-order chi connectivity index (χ0) is 16.1. The fourth-order valence-corrected chi connectivity index (χ4v) is 1.82. The molecular weight excluding hydrogens is 308 g/mol. The Balaban J connectivity index is 2.12. The highest BCUT2D eigenvalue weighted by Crippen LogP contribution is 2.18. The predicted octanol–water partition coefficient (Wildman–Crippen LogP) is 3.68. The molecule has 0 aliphatic heterocycles. The number of amides is 1. The van der Waals surface area contributed by atoms with E-state index in [0.717, 1.165) is 6.08 Å². The Morgan fingerprint density at radius 3 is 2.55 bits per heavy atom. The lowest BCUT2D eigenvalue weighted by Gasteiger charge is -2.12. The summed E-state index contributed by atoms with van der Waals surface area (Å²) >= 11 is 5.72. The molecule has 7 heteroatoms. The van der Waals surface area contributed by atoms with Crippen molar-refractivity contribution in [3.05, 3.63) is 75.3 Å². The number of nitro groups is 1. The van der Waals surface area contributed by atoms with Crippen LogP contribution in [0.5, 0.6) is 0 Å². The van der Waals surface area contributed by atoms with Crippen molar-refractivity contribution in [2.24, 2.45) is 0 Å². The number of carbonyl (C=O) groups is 1. The Bertz CT molecular complexity index is 729. The summed E-state index contributed by atoms with van der Waals surface area (Å²) in [4.78, 5) is 22.0. The molecule has 0 fully saturated rings. The van der Waals surface area contributed by atoms with Gasteiger partial charge in [0.2, 0.25) is 0 Å². The Hall–Kier alpha value is -2.70. The summed E-state index contributed by atoms with van der Waals surface area (Å²) in [6, 6.07) is 11.9. The molecule has 2 aromatic rings. The minimum atomic E-state index is -0.686. The first kappa shape index (κ1) is 15.7. The molecule has 0 radical (unpaired) electrons. The van der Waals surface area contributed by atoms with Crippen LogP contribution in [-0.4, -0.2) is 16.0 Å². The van der Waals surface area contributed by atoms with Crippen LogP contribution >= 0.6 is 11.6 Å². The molecule has 22 heavy (non-hydrogen) atoms. The van der Waals surface area contributed by atoms with E-state index < -0.39 is 10.8 Å². The van der Waals surface area contributed by atoms with Gasteiger partial charge in [0.05, 0.1) is 10.6 Å². The van der Waals surface area contributed by atoms with E-state index in [4.69, 9.17) is 11.6 Å². The number of nitrogens with zero attached hydrogens (tertiary/aromatic N) is 2. The van der Waals surface area contributed by atoms with Gasteiger partial charge in [-0.15, -0.1) is 0 Å². The van der Waals surface area contributed by atoms with Crippen molar-refractivity contribution in [3.8, 4) is 0 Å². The monoisotopic (exact) mass is 318 g/mol. The van der Waals surface area contributed by atoms with E-state index >= 15 is 0 Å². The van der Waals surface area contributed by atoms with E-state index in [0.29, 0.717) is 15.6 Å². The summed E-state index contributed by atoms with van der Waals surface area (Å²) in [7, 11) is 0. The smallest absolute Gasteiger partial charge is 0.274 e. The Labute approximate surface area is 131 Å². The van der Waals surface area contributed by atoms with Crippen LogP contribution in [0.25, 0.3) is 6.08 Å². The number of anilines is 1. The Morgan fingerprint density at radius 2 is 1.91 bits per heavy atom. The summed E-state index contributed by atoms with van der Waals surface area (Å²) in [5, 5.41) is 21.4. The molecule has 0 aliphatic carbocycles. The molecule has 0 aliphatic rings. The number of benzene rings is 2. The summed E-state index contributed by atoms with van der Waals surface area (Å²) in [6.07, 6.45) is 2.50. The number of rotatable bonds is 4. The molecule has 0 heterocycles. The van der Waals surface area contributed by atoms with E-state index in [2.05, 4.69) is 0 Å². The van der Waals surface area contributed by atoms with Crippen LogP contribution in [0.3, 0.4) is 0 Å². The molecular formula is C15H11ClN2O4. The van der Waals surface area contributed by atoms with Gasteiger partial charge in [0.15, 0.2) is 0 Å². The average molecular weight is 319 g/mol. The van der Waals surface area contributed by atoms with Crippen molar-refractivity contribution >= 4 is 35.0 Å². The quantitative estimate of drug-likeness (QED) is 0.403. The fraction of sp³-hybridized carbons (Fsp3) is 0. The van der Waals surface area contributed by atoms with Gasteiger partial charge in [-0.2, -0.15) is 5.06 Å². The second-order valence-corrected chi connectivity index (χ2v) is 4.75.